The Labute approximate surface area is 209 Å². The van der Waals surface area contributed by atoms with E-state index in [9.17, 15) is 4.79 Å². The van der Waals surface area contributed by atoms with Crippen LogP contribution < -0.4 is 20.7 Å². The molecular formula is C28H39N5O2. The molecular weight excluding hydrogens is 438 g/mol. The maximum absolute atomic E-state index is 13.3. The maximum Gasteiger partial charge on any atom is 0.252 e. The van der Waals surface area contributed by atoms with Crippen molar-refractivity contribution in [1.82, 2.24) is 10.2 Å². The molecule has 0 aromatic heterocycles. The van der Waals surface area contributed by atoms with Crippen LogP contribution in [0.2, 0.25) is 0 Å². The number of benzene rings is 2. The summed E-state index contributed by atoms with van der Waals surface area (Å²) >= 11 is 0. The Balaban J connectivity index is 1.85. The highest BCUT2D eigenvalue weighted by Crippen LogP contribution is 2.29. The van der Waals surface area contributed by atoms with E-state index < -0.39 is 0 Å². The number of anilines is 1. The molecule has 0 saturated carbocycles. The van der Waals surface area contributed by atoms with Gasteiger partial charge >= 0.3 is 0 Å². The number of methoxy groups -OCH3 is 1. The number of hydrogen-bond acceptors (Lipinski definition) is 6. The fraction of sp³-hybridized carbons (Fsp3) is 0.429. The molecule has 0 unspecified atom stereocenters. The number of carbonyl (C=O) groups is 1. The quantitative estimate of drug-likeness (QED) is 0.561. The molecule has 7 heteroatoms. The predicted molar refractivity (Wildman–Crippen MR) is 146 cm³/mol. The molecule has 3 rings (SSSR count). The van der Waals surface area contributed by atoms with Crippen molar-refractivity contribution in [2.75, 3.05) is 46.2 Å². The van der Waals surface area contributed by atoms with E-state index in [4.69, 9.17) is 10.5 Å². The van der Waals surface area contributed by atoms with Crippen LogP contribution in [0, 0.1) is 6.92 Å². The first-order chi connectivity index (χ1) is 16.5. The van der Waals surface area contributed by atoms with Crippen LogP contribution in [0.15, 0.2) is 47.1 Å². The molecule has 0 radical (unpaired) electrons. The molecule has 2 aromatic carbocycles. The molecule has 35 heavy (non-hydrogen) atoms. The van der Waals surface area contributed by atoms with Crippen molar-refractivity contribution >= 4 is 22.9 Å². The Morgan fingerprint density at radius 1 is 1.20 bits per heavy atom. The SMILES string of the molecule is CN=C(C)/C(=C(/C)N)c1cc(OC)cc([C@@H](C)NC(=O)c2cc(N3CC(N(C)C)C3)ccc2C)c1. The summed E-state index contributed by atoms with van der Waals surface area (Å²) in [4.78, 5) is 22.2. The number of carbonyl (C=O) groups excluding carboxylic acids is 1. The van der Waals surface area contributed by atoms with Crippen molar-refractivity contribution in [2.45, 2.75) is 39.8 Å². The summed E-state index contributed by atoms with van der Waals surface area (Å²) in [5, 5.41) is 3.17. The van der Waals surface area contributed by atoms with E-state index in [1.165, 1.54) is 0 Å². The summed E-state index contributed by atoms with van der Waals surface area (Å²) in [5.41, 5.74) is 13.2. The molecule has 7 nitrogen and oxygen atoms in total. The molecule has 1 heterocycles. The first-order valence-corrected chi connectivity index (χ1v) is 12.0. The summed E-state index contributed by atoms with van der Waals surface area (Å²) in [6.07, 6.45) is 0. The highest BCUT2D eigenvalue weighted by Gasteiger charge is 2.29. The summed E-state index contributed by atoms with van der Waals surface area (Å²) < 4.78 is 5.56. The third kappa shape index (κ3) is 5.85. The molecule has 1 atom stereocenters. The van der Waals surface area contributed by atoms with Crippen LogP contribution in [0.4, 0.5) is 5.69 Å². The minimum Gasteiger partial charge on any atom is -0.497 e. The lowest BCUT2D eigenvalue weighted by Gasteiger charge is -2.44. The molecule has 1 aliphatic rings. The van der Waals surface area contributed by atoms with Gasteiger partial charge in [0.1, 0.15) is 5.75 Å². The van der Waals surface area contributed by atoms with Crippen LogP contribution in [0.3, 0.4) is 0 Å². The van der Waals surface area contributed by atoms with Gasteiger partial charge in [0, 0.05) is 54.4 Å². The predicted octanol–water partition coefficient (Wildman–Crippen LogP) is 4.03. The largest absolute Gasteiger partial charge is 0.497 e. The number of hydrogen-bond donors (Lipinski definition) is 2. The van der Waals surface area contributed by atoms with Crippen LogP contribution in [-0.2, 0) is 0 Å². The second-order valence-electron chi connectivity index (χ2n) is 9.58. The van der Waals surface area contributed by atoms with Gasteiger partial charge in [-0.2, -0.15) is 0 Å². The number of nitrogens with one attached hydrogen (secondary N) is 1. The smallest absolute Gasteiger partial charge is 0.252 e. The summed E-state index contributed by atoms with van der Waals surface area (Å²) in [6, 6.07) is 12.4. The third-order valence-corrected chi connectivity index (χ3v) is 6.82. The van der Waals surface area contributed by atoms with Gasteiger partial charge in [0.15, 0.2) is 0 Å². The van der Waals surface area contributed by atoms with E-state index in [2.05, 4.69) is 40.3 Å². The minimum atomic E-state index is -0.236. The van der Waals surface area contributed by atoms with Crippen LogP contribution in [-0.4, -0.2) is 63.9 Å². The highest BCUT2D eigenvalue weighted by molar-refractivity contribution is 6.23. The monoisotopic (exact) mass is 477 g/mol. The zero-order valence-corrected chi connectivity index (χ0v) is 22.3. The van der Waals surface area contributed by atoms with Crippen LogP contribution in [0.1, 0.15) is 53.9 Å². The second kappa shape index (κ2) is 11.0. The molecule has 1 aliphatic heterocycles. The average Bonchev–Trinajstić information content (AvgIpc) is 2.78. The van der Waals surface area contributed by atoms with Crippen LogP contribution in [0.5, 0.6) is 5.75 Å². The van der Waals surface area contributed by atoms with E-state index >= 15 is 0 Å². The maximum atomic E-state index is 13.3. The number of rotatable bonds is 8. The number of nitrogens with two attached hydrogens (primary N) is 1. The number of aliphatic imine (C=N–C) groups is 1. The zero-order chi connectivity index (χ0) is 25.9. The van der Waals surface area contributed by atoms with E-state index in [1.807, 2.05) is 58.0 Å². The number of likely N-dealkylation sites (N-methyl/N-ethyl adjacent to an activating group) is 1. The van der Waals surface area contributed by atoms with E-state index in [1.54, 1.807) is 14.2 Å². The number of nitrogens with zero attached hydrogens (tertiary/aromatic N) is 3. The zero-order valence-electron chi connectivity index (χ0n) is 22.3. The highest BCUT2D eigenvalue weighted by atomic mass is 16.5. The van der Waals surface area contributed by atoms with Crippen molar-refractivity contribution < 1.29 is 9.53 Å². The molecule has 188 valence electrons. The van der Waals surface area contributed by atoms with Crippen molar-refractivity contribution in [2.24, 2.45) is 10.7 Å². The van der Waals surface area contributed by atoms with E-state index in [-0.39, 0.29) is 11.9 Å². The van der Waals surface area contributed by atoms with E-state index in [0.29, 0.717) is 23.1 Å². The minimum absolute atomic E-state index is 0.0945. The topological polar surface area (TPSA) is 83.2 Å². The Kier molecular flexibility index (Phi) is 8.22. The van der Waals surface area contributed by atoms with Gasteiger partial charge in [-0.3, -0.25) is 9.79 Å². The molecule has 3 N–H and O–H groups in total. The second-order valence-corrected chi connectivity index (χ2v) is 9.58. The lowest BCUT2D eigenvalue weighted by atomic mass is 9.95. The van der Waals surface area contributed by atoms with Gasteiger partial charge in [0.2, 0.25) is 0 Å². The van der Waals surface area contributed by atoms with Crippen LogP contribution >= 0.6 is 0 Å². The lowest BCUT2D eigenvalue weighted by molar-refractivity contribution is 0.0939. The summed E-state index contributed by atoms with van der Waals surface area (Å²) in [6.45, 7) is 9.69. The Morgan fingerprint density at radius 3 is 2.46 bits per heavy atom. The van der Waals surface area contributed by atoms with Crippen molar-refractivity contribution in [3.8, 4) is 5.75 Å². The average molecular weight is 478 g/mol. The van der Waals surface area contributed by atoms with Crippen molar-refractivity contribution in [3.63, 3.8) is 0 Å². The van der Waals surface area contributed by atoms with Gasteiger partial charge in [-0.15, -0.1) is 0 Å². The van der Waals surface area contributed by atoms with Gasteiger partial charge in [-0.25, -0.2) is 0 Å². The molecule has 2 aromatic rings. The lowest BCUT2D eigenvalue weighted by Crippen LogP contribution is -2.57. The number of ether oxygens (including phenoxy) is 1. The van der Waals surface area contributed by atoms with Crippen molar-refractivity contribution in [1.29, 1.82) is 0 Å². The number of aryl methyl sites for hydroxylation is 1. The molecule has 1 fully saturated rings. The standard InChI is InChI=1S/C28H39N5O2/c1-17-9-10-23(33-15-24(16-33)32(6)7)14-26(17)28(34)31-19(3)21-11-22(13-25(12-21)35-8)27(18(2)29)20(4)30-5/h9-14,19,24H,15-16,29H2,1-8H3,(H,31,34)/b27-18+,30-20?/t19-/m1/s1. The van der Waals surface area contributed by atoms with Gasteiger partial charge in [0.05, 0.1) is 13.2 Å². The first kappa shape index (κ1) is 26.3. The van der Waals surface area contributed by atoms with E-state index in [0.717, 1.165) is 46.8 Å². The van der Waals surface area contributed by atoms with Gasteiger partial charge in [0.25, 0.3) is 5.91 Å². The summed E-state index contributed by atoms with van der Waals surface area (Å²) in [7, 11) is 7.59. The van der Waals surface area contributed by atoms with Gasteiger partial charge in [-0.1, -0.05) is 6.07 Å². The Bertz CT molecular complexity index is 1140. The Hall–Kier alpha value is -3.32. The summed E-state index contributed by atoms with van der Waals surface area (Å²) in [5.74, 6) is 0.607. The fourth-order valence-corrected chi connectivity index (χ4v) is 4.37. The molecule has 0 spiro atoms. The van der Waals surface area contributed by atoms with Crippen LogP contribution in [0.25, 0.3) is 5.57 Å². The molecule has 0 aliphatic carbocycles. The van der Waals surface area contributed by atoms with Crippen molar-refractivity contribution in [3.05, 3.63) is 64.3 Å². The normalized spacial score (nSPS) is 16.0. The fourth-order valence-electron chi connectivity index (χ4n) is 4.37. The molecule has 1 amide bonds. The number of allylic oxidation sites excluding steroid dienone is 2. The third-order valence-electron chi connectivity index (χ3n) is 6.82. The number of amides is 1. The van der Waals surface area contributed by atoms with Gasteiger partial charge in [-0.05, 0) is 88.8 Å². The Morgan fingerprint density at radius 2 is 1.89 bits per heavy atom. The molecule has 1 saturated heterocycles. The van der Waals surface area contributed by atoms with Gasteiger partial charge < -0.3 is 25.6 Å². The molecule has 0 bridgehead atoms. The first-order valence-electron chi connectivity index (χ1n) is 12.0.